The van der Waals surface area contributed by atoms with Crippen molar-refractivity contribution in [1.29, 1.82) is 0 Å². The Morgan fingerprint density at radius 3 is 2.72 bits per heavy atom. The molecule has 0 spiro atoms. The molecule has 1 heterocycles. The van der Waals surface area contributed by atoms with Crippen LogP contribution in [0.5, 0.6) is 0 Å². The van der Waals surface area contributed by atoms with Crippen LogP contribution in [0.4, 0.5) is 10.5 Å². The van der Waals surface area contributed by atoms with E-state index in [0.717, 1.165) is 43.1 Å². The topological polar surface area (TPSA) is 32.3 Å². The monoisotopic (exact) mass is 246 g/mol. The first-order valence-corrected chi connectivity index (χ1v) is 6.81. The number of amides is 2. The van der Waals surface area contributed by atoms with Crippen molar-refractivity contribution in [3.8, 4) is 0 Å². The van der Waals surface area contributed by atoms with E-state index in [-0.39, 0.29) is 6.03 Å². The van der Waals surface area contributed by atoms with Gasteiger partial charge >= 0.3 is 6.03 Å². The Labute approximate surface area is 109 Å². The molecule has 1 fully saturated rings. The third-order valence-corrected chi connectivity index (χ3v) is 3.75. The lowest BCUT2D eigenvalue weighted by Gasteiger charge is -2.31. The van der Waals surface area contributed by atoms with Crippen LogP contribution >= 0.6 is 0 Å². The molecule has 98 valence electrons. The maximum atomic E-state index is 12.1. The molecule has 0 radical (unpaired) electrons. The lowest BCUT2D eigenvalue weighted by molar-refractivity contribution is 0.181. The molecular weight excluding hydrogens is 224 g/mol. The van der Waals surface area contributed by atoms with E-state index in [1.807, 2.05) is 36.1 Å². The van der Waals surface area contributed by atoms with Crippen LogP contribution in [0.15, 0.2) is 24.3 Å². The zero-order chi connectivity index (χ0) is 13.0. The minimum Gasteiger partial charge on any atom is -0.325 e. The summed E-state index contributed by atoms with van der Waals surface area (Å²) in [4.78, 5) is 14.0. The number of likely N-dealkylation sites (tertiary alicyclic amines) is 1. The van der Waals surface area contributed by atoms with Gasteiger partial charge in [-0.2, -0.15) is 0 Å². The summed E-state index contributed by atoms with van der Waals surface area (Å²) in [6.07, 6.45) is 3.50. The summed E-state index contributed by atoms with van der Waals surface area (Å²) in [6, 6.07) is 7.96. The molecule has 1 N–H and O–H groups in total. The fourth-order valence-electron chi connectivity index (χ4n) is 2.47. The van der Waals surface area contributed by atoms with E-state index >= 15 is 0 Å². The first-order valence-electron chi connectivity index (χ1n) is 6.81. The predicted molar refractivity (Wildman–Crippen MR) is 74.8 cm³/mol. The maximum Gasteiger partial charge on any atom is 0.321 e. The van der Waals surface area contributed by atoms with Crippen LogP contribution in [0.3, 0.4) is 0 Å². The Morgan fingerprint density at radius 1 is 1.39 bits per heavy atom. The summed E-state index contributed by atoms with van der Waals surface area (Å²) >= 11 is 0. The van der Waals surface area contributed by atoms with E-state index in [1.165, 1.54) is 6.42 Å². The van der Waals surface area contributed by atoms with Crippen LogP contribution in [0.2, 0.25) is 0 Å². The van der Waals surface area contributed by atoms with Crippen LogP contribution in [-0.4, -0.2) is 24.0 Å². The molecule has 0 aliphatic carbocycles. The summed E-state index contributed by atoms with van der Waals surface area (Å²) in [5, 5.41) is 2.97. The highest BCUT2D eigenvalue weighted by Crippen LogP contribution is 2.20. The molecule has 1 aliphatic heterocycles. The van der Waals surface area contributed by atoms with Gasteiger partial charge < -0.3 is 10.2 Å². The maximum absolute atomic E-state index is 12.1. The minimum absolute atomic E-state index is 0.0372. The van der Waals surface area contributed by atoms with Gasteiger partial charge in [0.05, 0.1) is 0 Å². The summed E-state index contributed by atoms with van der Waals surface area (Å²) in [5.74, 6) is 0.799. The molecule has 3 nitrogen and oxygen atoms in total. The molecule has 2 amide bonds. The van der Waals surface area contributed by atoms with E-state index in [0.29, 0.717) is 0 Å². The van der Waals surface area contributed by atoms with Gasteiger partial charge in [0.25, 0.3) is 0 Å². The van der Waals surface area contributed by atoms with Gasteiger partial charge in [0.15, 0.2) is 0 Å². The molecule has 1 aromatic rings. The van der Waals surface area contributed by atoms with Gasteiger partial charge in [-0.3, -0.25) is 0 Å². The van der Waals surface area contributed by atoms with Crippen LogP contribution < -0.4 is 5.32 Å². The van der Waals surface area contributed by atoms with Gasteiger partial charge in [-0.15, -0.1) is 0 Å². The smallest absolute Gasteiger partial charge is 0.321 e. The van der Waals surface area contributed by atoms with Crippen molar-refractivity contribution in [2.24, 2.45) is 5.92 Å². The first kappa shape index (κ1) is 12.9. The number of rotatable bonds is 2. The van der Waals surface area contributed by atoms with Crippen LogP contribution in [0, 0.1) is 12.8 Å². The number of piperidine rings is 1. The summed E-state index contributed by atoms with van der Waals surface area (Å²) in [6.45, 7) is 6.03. The molecule has 1 aliphatic rings. The molecule has 1 aromatic carbocycles. The molecule has 0 bridgehead atoms. The number of carbonyl (C=O) groups is 1. The summed E-state index contributed by atoms with van der Waals surface area (Å²) in [5.41, 5.74) is 2.05. The van der Waals surface area contributed by atoms with Crippen molar-refractivity contribution in [3.63, 3.8) is 0 Å². The van der Waals surface area contributed by atoms with E-state index in [4.69, 9.17) is 0 Å². The average molecular weight is 246 g/mol. The van der Waals surface area contributed by atoms with Gasteiger partial charge in [-0.1, -0.05) is 25.5 Å². The van der Waals surface area contributed by atoms with Crippen molar-refractivity contribution in [3.05, 3.63) is 29.8 Å². The molecule has 1 saturated heterocycles. The van der Waals surface area contributed by atoms with E-state index < -0.39 is 0 Å². The number of hydrogen-bond donors (Lipinski definition) is 1. The number of hydrogen-bond acceptors (Lipinski definition) is 1. The molecule has 0 saturated carbocycles. The van der Waals surface area contributed by atoms with Crippen molar-refractivity contribution in [1.82, 2.24) is 4.90 Å². The normalized spacial score (nSPS) is 16.7. The highest BCUT2D eigenvalue weighted by atomic mass is 16.2. The number of urea groups is 1. The van der Waals surface area contributed by atoms with E-state index in [1.54, 1.807) is 0 Å². The molecular formula is C15H22N2O. The van der Waals surface area contributed by atoms with E-state index in [2.05, 4.69) is 12.2 Å². The number of aryl methyl sites for hydroxylation is 1. The second-order valence-corrected chi connectivity index (χ2v) is 5.14. The van der Waals surface area contributed by atoms with Gasteiger partial charge in [0, 0.05) is 18.8 Å². The fourth-order valence-corrected chi connectivity index (χ4v) is 2.47. The van der Waals surface area contributed by atoms with Crippen LogP contribution in [-0.2, 0) is 0 Å². The fraction of sp³-hybridized carbons (Fsp3) is 0.533. The third kappa shape index (κ3) is 3.25. The third-order valence-electron chi connectivity index (χ3n) is 3.75. The zero-order valence-corrected chi connectivity index (χ0v) is 11.3. The largest absolute Gasteiger partial charge is 0.325 e. The van der Waals surface area contributed by atoms with Crippen LogP contribution in [0.1, 0.15) is 31.7 Å². The average Bonchev–Trinajstić information content (AvgIpc) is 2.39. The standard InChI is InChI=1S/C15H22N2O/c1-3-13-7-9-17(10-8-13)15(18)16-14-6-4-5-12(2)11-14/h4-6,11,13H,3,7-10H2,1-2H3,(H,16,18). The van der Waals surface area contributed by atoms with E-state index in [9.17, 15) is 4.79 Å². The van der Waals surface area contributed by atoms with Crippen molar-refractivity contribution in [2.45, 2.75) is 33.1 Å². The number of nitrogens with zero attached hydrogens (tertiary/aromatic N) is 1. The number of nitrogens with one attached hydrogen (secondary N) is 1. The molecule has 3 heteroatoms. The molecule has 0 aromatic heterocycles. The number of anilines is 1. The number of carbonyl (C=O) groups excluding carboxylic acids is 1. The van der Waals surface area contributed by atoms with Crippen molar-refractivity contribution in [2.75, 3.05) is 18.4 Å². The van der Waals surface area contributed by atoms with Crippen molar-refractivity contribution < 1.29 is 4.79 Å². The Bertz CT molecular complexity index is 409. The predicted octanol–water partition coefficient (Wildman–Crippen LogP) is 3.65. The summed E-state index contributed by atoms with van der Waals surface area (Å²) in [7, 11) is 0. The second-order valence-electron chi connectivity index (χ2n) is 5.14. The first-order chi connectivity index (χ1) is 8.69. The number of benzene rings is 1. The highest BCUT2D eigenvalue weighted by molar-refractivity contribution is 5.89. The minimum atomic E-state index is 0.0372. The molecule has 18 heavy (non-hydrogen) atoms. The Balaban J connectivity index is 1.89. The highest BCUT2D eigenvalue weighted by Gasteiger charge is 2.21. The Morgan fingerprint density at radius 2 is 2.11 bits per heavy atom. The van der Waals surface area contributed by atoms with Crippen molar-refractivity contribution >= 4 is 11.7 Å². The lowest BCUT2D eigenvalue weighted by Crippen LogP contribution is -2.40. The van der Waals surface area contributed by atoms with Crippen LogP contribution in [0.25, 0.3) is 0 Å². The summed E-state index contributed by atoms with van der Waals surface area (Å²) < 4.78 is 0. The lowest BCUT2D eigenvalue weighted by atomic mass is 9.95. The van der Waals surface area contributed by atoms with Gasteiger partial charge in [0.2, 0.25) is 0 Å². The quantitative estimate of drug-likeness (QED) is 0.848. The SMILES string of the molecule is CCC1CCN(C(=O)Nc2cccc(C)c2)CC1. The Kier molecular flexibility index (Phi) is 4.24. The second kappa shape index (κ2) is 5.89. The van der Waals surface area contributed by atoms with Gasteiger partial charge in [0.1, 0.15) is 0 Å². The molecule has 2 rings (SSSR count). The molecule has 0 unspecified atom stereocenters. The van der Waals surface area contributed by atoms with Gasteiger partial charge in [-0.05, 0) is 43.4 Å². The Hall–Kier alpha value is -1.51. The molecule has 0 atom stereocenters. The zero-order valence-electron chi connectivity index (χ0n) is 11.3. The van der Waals surface area contributed by atoms with Gasteiger partial charge in [-0.25, -0.2) is 4.79 Å².